The fourth-order valence-corrected chi connectivity index (χ4v) is 3.19. The standard InChI is InChI=1S/C18H23N5O3/c1-12-10-15(24)16(22-21-12)17(25)20-11-13-4-3-8-23(9-6-13)18(26)14-5-2-7-19-14/h2,5,7,10,13,19H,3-4,6,8-9,11H2,1H3,(H,20,25)(H,21,24). The molecule has 1 aliphatic heterocycles. The number of nitrogens with zero attached hydrogens (tertiary/aromatic N) is 2. The smallest absolute Gasteiger partial charge is 0.275 e. The molecule has 26 heavy (non-hydrogen) atoms. The molecule has 138 valence electrons. The van der Waals surface area contributed by atoms with E-state index in [1.165, 1.54) is 6.07 Å². The number of carbonyl (C=O) groups excluding carboxylic acids is 2. The number of aromatic amines is 2. The van der Waals surface area contributed by atoms with Crippen LogP contribution in [0.1, 0.15) is 45.9 Å². The molecule has 8 heteroatoms. The Morgan fingerprint density at radius 3 is 2.92 bits per heavy atom. The van der Waals surface area contributed by atoms with Crippen LogP contribution in [-0.4, -0.2) is 51.5 Å². The molecular formula is C18H23N5O3. The summed E-state index contributed by atoms with van der Waals surface area (Å²) < 4.78 is 0. The van der Waals surface area contributed by atoms with Gasteiger partial charge in [-0.25, -0.2) is 0 Å². The van der Waals surface area contributed by atoms with Crippen LogP contribution in [0, 0.1) is 12.8 Å². The Kier molecular flexibility index (Phi) is 5.50. The Morgan fingerprint density at radius 2 is 2.19 bits per heavy atom. The maximum atomic E-state index is 12.4. The first-order chi connectivity index (χ1) is 12.5. The minimum absolute atomic E-state index is 0.00933. The molecule has 1 fully saturated rings. The normalized spacial score (nSPS) is 17.6. The predicted molar refractivity (Wildman–Crippen MR) is 96.0 cm³/mol. The van der Waals surface area contributed by atoms with Gasteiger partial charge in [-0.1, -0.05) is 0 Å². The van der Waals surface area contributed by atoms with Gasteiger partial charge in [0.2, 0.25) is 5.43 Å². The fraction of sp³-hybridized carbons (Fsp3) is 0.444. The van der Waals surface area contributed by atoms with Crippen LogP contribution in [0.15, 0.2) is 29.2 Å². The molecule has 3 rings (SSSR count). The number of likely N-dealkylation sites (tertiary alicyclic amines) is 1. The lowest BCUT2D eigenvalue weighted by Crippen LogP contribution is -2.35. The van der Waals surface area contributed by atoms with E-state index in [-0.39, 0.29) is 22.9 Å². The number of amides is 2. The van der Waals surface area contributed by atoms with Gasteiger partial charge in [-0.15, -0.1) is 0 Å². The number of aryl methyl sites for hydroxylation is 1. The van der Waals surface area contributed by atoms with Crippen molar-refractivity contribution in [1.82, 2.24) is 25.4 Å². The van der Waals surface area contributed by atoms with Gasteiger partial charge in [-0.2, -0.15) is 5.10 Å². The van der Waals surface area contributed by atoms with Crippen molar-refractivity contribution in [3.63, 3.8) is 0 Å². The molecule has 1 atom stereocenters. The van der Waals surface area contributed by atoms with Crippen molar-refractivity contribution in [2.24, 2.45) is 5.92 Å². The maximum Gasteiger partial charge on any atom is 0.275 e. The molecule has 0 spiro atoms. The summed E-state index contributed by atoms with van der Waals surface area (Å²) >= 11 is 0. The van der Waals surface area contributed by atoms with Crippen molar-refractivity contribution < 1.29 is 9.59 Å². The first-order valence-electron chi connectivity index (χ1n) is 8.82. The molecule has 0 radical (unpaired) electrons. The quantitative estimate of drug-likeness (QED) is 0.760. The lowest BCUT2D eigenvalue weighted by Gasteiger charge is -2.20. The molecule has 1 aliphatic rings. The highest BCUT2D eigenvalue weighted by molar-refractivity contribution is 5.92. The second-order valence-corrected chi connectivity index (χ2v) is 6.65. The van der Waals surface area contributed by atoms with Gasteiger partial charge < -0.3 is 15.2 Å². The van der Waals surface area contributed by atoms with E-state index in [9.17, 15) is 14.4 Å². The summed E-state index contributed by atoms with van der Waals surface area (Å²) in [4.78, 5) is 41.2. The number of H-pyrrole nitrogens is 2. The van der Waals surface area contributed by atoms with E-state index in [1.54, 1.807) is 19.2 Å². The van der Waals surface area contributed by atoms with Crippen LogP contribution in [0.5, 0.6) is 0 Å². The largest absolute Gasteiger partial charge is 0.357 e. The molecule has 0 saturated carbocycles. The molecule has 2 amide bonds. The molecule has 2 aromatic heterocycles. The first-order valence-corrected chi connectivity index (χ1v) is 8.82. The maximum absolute atomic E-state index is 12.4. The number of rotatable bonds is 4. The molecule has 1 saturated heterocycles. The Morgan fingerprint density at radius 1 is 1.35 bits per heavy atom. The van der Waals surface area contributed by atoms with Gasteiger partial charge in [0.25, 0.3) is 11.8 Å². The second kappa shape index (κ2) is 7.99. The highest BCUT2D eigenvalue weighted by Gasteiger charge is 2.23. The Balaban J connectivity index is 1.52. The summed E-state index contributed by atoms with van der Waals surface area (Å²) in [6, 6.07) is 4.94. The van der Waals surface area contributed by atoms with E-state index in [2.05, 4.69) is 20.5 Å². The van der Waals surface area contributed by atoms with Crippen molar-refractivity contribution in [1.29, 1.82) is 0 Å². The van der Waals surface area contributed by atoms with Crippen molar-refractivity contribution in [3.8, 4) is 0 Å². The summed E-state index contributed by atoms with van der Waals surface area (Å²) in [5.41, 5.74) is 0.707. The van der Waals surface area contributed by atoms with E-state index >= 15 is 0 Å². The third-order valence-electron chi connectivity index (χ3n) is 4.65. The average molecular weight is 357 g/mol. The molecule has 8 nitrogen and oxygen atoms in total. The zero-order chi connectivity index (χ0) is 18.5. The summed E-state index contributed by atoms with van der Waals surface area (Å²) in [5.74, 6) is -0.185. The van der Waals surface area contributed by atoms with Crippen molar-refractivity contribution in [2.45, 2.75) is 26.2 Å². The lowest BCUT2D eigenvalue weighted by molar-refractivity contribution is 0.0753. The van der Waals surface area contributed by atoms with Crippen LogP contribution in [0.2, 0.25) is 0 Å². The van der Waals surface area contributed by atoms with Crippen LogP contribution in [0.4, 0.5) is 0 Å². The van der Waals surface area contributed by atoms with Gasteiger partial charge in [-0.05, 0) is 44.2 Å². The SMILES string of the molecule is Cc1cc(=O)c(C(=O)NCC2CCCN(C(=O)c3ccc[nH]3)CC2)n[nH]1. The van der Waals surface area contributed by atoms with Crippen molar-refractivity contribution in [2.75, 3.05) is 19.6 Å². The van der Waals surface area contributed by atoms with Crippen LogP contribution in [-0.2, 0) is 0 Å². The third-order valence-corrected chi connectivity index (χ3v) is 4.65. The topological polar surface area (TPSA) is 111 Å². The molecule has 2 aromatic rings. The molecule has 0 aliphatic carbocycles. The van der Waals surface area contributed by atoms with E-state index in [0.29, 0.717) is 31.0 Å². The Labute approximate surface area is 151 Å². The van der Waals surface area contributed by atoms with Crippen molar-refractivity contribution >= 4 is 11.8 Å². The van der Waals surface area contributed by atoms with Crippen LogP contribution in [0.3, 0.4) is 0 Å². The highest BCUT2D eigenvalue weighted by atomic mass is 16.2. The summed E-state index contributed by atoms with van der Waals surface area (Å²) in [6.45, 7) is 3.55. The zero-order valence-corrected chi connectivity index (χ0v) is 14.7. The molecule has 0 bridgehead atoms. The van der Waals surface area contributed by atoms with Gasteiger partial charge in [0.05, 0.1) is 0 Å². The minimum Gasteiger partial charge on any atom is -0.357 e. The molecule has 3 N–H and O–H groups in total. The summed E-state index contributed by atoms with van der Waals surface area (Å²) in [6.07, 6.45) is 4.36. The molecule has 0 aromatic carbocycles. The van der Waals surface area contributed by atoms with Crippen molar-refractivity contribution in [3.05, 3.63) is 51.7 Å². The Bertz CT molecular complexity index is 828. The second-order valence-electron chi connectivity index (χ2n) is 6.65. The van der Waals surface area contributed by atoms with Gasteiger partial charge in [0.15, 0.2) is 5.69 Å². The number of hydrogen-bond acceptors (Lipinski definition) is 4. The van der Waals surface area contributed by atoms with E-state index in [0.717, 1.165) is 19.3 Å². The number of hydrogen-bond donors (Lipinski definition) is 3. The van der Waals surface area contributed by atoms with Gasteiger partial charge in [0, 0.05) is 37.6 Å². The van der Waals surface area contributed by atoms with Gasteiger partial charge in [0.1, 0.15) is 5.69 Å². The van der Waals surface area contributed by atoms with E-state index in [4.69, 9.17) is 0 Å². The van der Waals surface area contributed by atoms with E-state index in [1.807, 2.05) is 11.0 Å². The highest BCUT2D eigenvalue weighted by Crippen LogP contribution is 2.18. The average Bonchev–Trinajstić information content (AvgIpc) is 3.05. The molecule has 1 unspecified atom stereocenters. The zero-order valence-electron chi connectivity index (χ0n) is 14.7. The summed E-state index contributed by atoms with van der Waals surface area (Å²) in [7, 11) is 0. The number of carbonyl (C=O) groups is 2. The number of nitrogens with one attached hydrogen (secondary N) is 3. The van der Waals surface area contributed by atoms with E-state index < -0.39 is 5.91 Å². The predicted octanol–water partition coefficient (Wildman–Crippen LogP) is 1.08. The minimum atomic E-state index is -0.463. The Hall–Kier alpha value is -2.90. The van der Waals surface area contributed by atoms with Gasteiger partial charge >= 0.3 is 0 Å². The lowest BCUT2D eigenvalue weighted by atomic mass is 10.0. The fourth-order valence-electron chi connectivity index (χ4n) is 3.19. The third kappa shape index (κ3) is 4.19. The summed E-state index contributed by atoms with van der Waals surface area (Å²) in [5, 5.41) is 9.26. The van der Waals surface area contributed by atoms with Crippen LogP contribution < -0.4 is 10.7 Å². The molecular weight excluding hydrogens is 334 g/mol. The number of aromatic nitrogens is 3. The molecule has 3 heterocycles. The van der Waals surface area contributed by atoms with Gasteiger partial charge in [-0.3, -0.25) is 19.5 Å². The monoisotopic (exact) mass is 357 g/mol. The first kappa shape index (κ1) is 17.9. The van der Waals surface area contributed by atoms with Crippen LogP contribution in [0.25, 0.3) is 0 Å². The van der Waals surface area contributed by atoms with Crippen LogP contribution >= 0.6 is 0 Å².